The number of nitrogens with zero attached hydrogens (tertiary/aromatic N) is 1. The molecule has 0 amide bonds. The predicted octanol–water partition coefficient (Wildman–Crippen LogP) is 4.17. The van der Waals surface area contributed by atoms with E-state index in [1.165, 1.54) is 0 Å². The summed E-state index contributed by atoms with van der Waals surface area (Å²) in [6.45, 7) is 9.01. The Morgan fingerprint density at radius 3 is 2.44 bits per heavy atom. The molecule has 2 nitrogen and oxygen atoms in total. The fourth-order valence-corrected chi connectivity index (χ4v) is 2.40. The van der Waals surface area contributed by atoms with Crippen LogP contribution in [0, 0.1) is 12.7 Å². The van der Waals surface area contributed by atoms with E-state index in [4.69, 9.17) is 0 Å². The highest BCUT2D eigenvalue weighted by atomic mass is 79.9. The molecule has 0 radical (unpaired) electrons. The van der Waals surface area contributed by atoms with Crippen LogP contribution in [0.3, 0.4) is 0 Å². The van der Waals surface area contributed by atoms with E-state index in [1.54, 1.807) is 26.0 Å². The van der Waals surface area contributed by atoms with E-state index >= 15 is 0 Å². The molecule has 0 spiro atoms. The minimum absolute atomic E-state index is 0.302. The summed E-state index contributed by atoms with van der Waals surface area (Å²) in [4.78, 5) is 0. The first-order valence-corrected chi connectivity index (χ1v) is 7.47. The average molecular weight is 334 g/mol. The van der Waals surface area contributed by atoms with Gasteiger partial charge in [-0.2, -0.15) is 0 Å². The molecule has 0 aliphatic heterocycles. The molecule has 0 aromatic heterocycles. The van der Waals surface area contributed by atoms with Crippen LogP contribution in [-0.4, -0.2) is 15.0 Å². The minimum Gasteiger partial charge on any atom is -0.591 e. The van der Waals surface area contributed by atoms with Gasteiger partial charge in [0.15, 0.2) is 0 Å². The van der Waals surface area contributed by atoms with E-state index < -0.39 is 16.1 Å². The van der Waals surface area contributed by atoms with Crippen LogP contribution in [0.5, 0.6) is 0 Å². The summed E-state index contributed by atoms with van der Waals surface area (Å²) in [5, 5.41) is 0. The first kappa shape index (κ1) is 15.7. The maximum absolute atomic E-state index is 13.7. The number of halogens is 2. The Labute approximate surface area is 119 Å². The molecule has 1 unspecified atom stereocenters. The summed E-state index contributed by atoms with van der Waals surface area (Å²) >= 11 is 1.80. The molecule has 1 atom stereocenters. The molecule has 0 bridgehead atoms. The Morgan fingerprint density at radius 1 is 1.39 bits per heavy atom. The van der Waals surface area contributed by atoms with Crippen LogP contribution in [0.25, 0.3) is 0 Å². The van der Waals surface area contributed by atoms with Crippen LogP contribution < -0.4 is 0 Å². The van der Waals surface area contributed by atoms with Gasteiger partial charge < -0.3 is 4.55 Å². The second-order valence-electron chi connectivity index (χ2n) is 5.07. The van der Waals surface area contributed by atoms with E-state index in [1.807, 2.05) is 20.8 Å². The van der Waals surface area contributed by atoms with Gasteiger partial charge in [0.1, 0.15) is 21.9 Å². The van der Waals surface area contributed by atoms with Gasteiger partial charge in [-0.3, -0.25) is 0 Å². The lowest BCUT2D eigenvalue weighted by atomic mass is 10.1. The molecule has 0 aliphatic rings. The first-order chi connectivity index (χ1) is 8.14. The van der Waals surface area contributed by atoms with Gasteiger partial charge in [0.2, 0.25) is 0 Å². The fourth-order valence-electron chi connectivity index (χ4n) is 1.35. The van der Waals surface area contributed by atoms with Crippen molar-refractivity contribution in [3.63, 3.8) is 0 Å². The lowest BCUT2D eigenvalue weighted by molar-refractivity contribution is 0.561. The molecular formula is C13H17BrFNOS. The SMILES string of the molecule is CC(=N[S+]([O-])C(C)(C)C)c1ccc(Br)c(F)c1C. The first-order valence-electron chi connectivity index (χ1n) is 5.57. The van der Waals surface area contributed by atoms with Crippen molar-refractivity contribution in [3.05, 3.63) is 33.5 Å². The molecule has 0 N–H and O–H groups in total. The van der Waals surface area contributed by atoms with Crippen molar-refractivity contribution in [2.24, 2.45) is 4.40 Å². The summed E-state index contributed by atoms with van der Waals surface area (Å²) in [5.74, 6) is -0.302. The van der Waals surface area contributed by atoms with Crippen LogP contribution in [0.2, 0.25) is 0 Å². The van der Waals surface area contributed by atoms with E-state index in [-0.39, 0.29) is 5.82 Å². The number of rotatable bonds is 2. The molecule has 0 aliphatic carbocycles. The van der Waals surface area contributed by atoms with Crippen LogP contribution in [-0.2, 0) is 11.4 Å². The van der Waals surface area contributed by atoms with Crippen LogP contribution in [0.4, 0.5) is 4.39 Å². The maximum Gasteiger partial charge on any atom is 0.144 e. The molecule has 1 rings (SSSR count). The van der Waals surface area contributed by atoms with Crippen LogP contribution >= 0.6 is 15.9 Å². The van der Waals surface area contributed by atoms with Crippen molar-refractivity contribution in [2.75, 3.05) is 0 Å². The lowest BCUT2D eigenvalue weighted by Crippen LogP contribution is -2.26. The molecule has 0 saturated carbocycles. The number of hydrogen-bond acceptors (Lipinski definition) is 2. The lowest BCUT2D eigenvalue weighted by Gasteiger charge is -2.19. The zero-order valence-electron chi connectivity index (χ0n) is 11.2. The van der Waals surface area contributed by atoms with Crippen molar-refractivity contribution >= 4 is 33.0 Å². The van der Waals surface area contributed by atoms with Crippen molar-refractivity contribution in [3.8, 4) is 0 Å². The zero-order chi connectivity index (χ0) is 14.1. The zero-order valence-corrected chi connectivity index (χ0v) is 13.6. The smallest absolute Gasteiger partial charge is 0.144 e. The van der Waals surface area contributed by atoms with Gasteiger partial charge in [0.25, 0.3) is 0 Å². The van der Waals surface area contributed by atoms with Crippen molar-refractivity contribution in [1.82, 2.24) is 0 Å². The summed E-state index contributed by atoms with van der Waals surface area (Å²) in [7, 11) is 0. The van der Waals surface area contributed by atoms with Crippen molar-refractivity contribution < 1.29 is 8.94 Å². The van der Waals surface area contributed by atoms with Gasteiger partial charge in [-0.15, -0.1) is 0 Å². The van der Waals surface area contributed by atoms with E-state index in [9.17, 15) is 8.94 Å². The fraction of sp³-hybridized carbons (Fsp3) is 0.462. The highest BCUT2D eigenvalue weighted by Crippen LogP contribution is 2.24. The number of hydrogen-bond donors (Lipinski definition) is 0. The third-order valence-corrected chi connectivity index (χ3v) is 4.57. The maximum atomic E-state index is 13.7. The summed E-state index contributed by atoms with van der Waals surface area (Å²) in [6.07, 6.45) is 0. The molecule has 100 valence electrons. The minimum atomic E-state index is -1.33. The summed E-state index contributed by atoms with van der Waals surface area (Å²) < 4.78 is 29.8. The third kappa shape index (κ3) is 3.56. The van der Waals surface area contributed by atoms with Crippen molar-refractivity contribution in [2.45, 2.75) is 39.4 Å². The quantitative estimate of drug-likeness (QED) is 0.591. The summed E-state index contributed by atoms with van der Waals surface area (Å²) in [6, 6.07) is 3.41. The highest BCUT2D eigenvalue weighted by Gasteiger charge is 2.27. The molecule has 1 aromatic carbocycles. The molecule has 0 heterocycles. The standard InChI is InChI=1S/C13H17BrFNOS/c1-8-10(6-7-11(14)12(8)15)9(2)16-18(17)13(3,4)5/h6-7H,1-5H3. The van der Waals surface area contributed by atoms with Gasteiger partial charge in [0, 0.05) is 5.56 Å². The highest BCUT2D eigenvalue weighted by molar-refractivity contribution is 9.10. The summed E-state index contributed by atoms with van der Waals surface area (Å²) in [5.41, 5.74) is 1.79. The Kier molecular flexibility index (Phi) is 4.98. The van der Waals surface area contributed by atoms with Crippen LogP contribution in [0.15, 0.2) is 21.0 Å². The van der Waals surface area contributed by atoms with Gasteiger partial charge in [0.05, 0.1) is 10.2 Å². The number of benzene rings is 1. The third-order valence-electron chi connectivity index (χ3n) is 2.47. The van der Waals surface area contributed by atoms with Gasteiger partial charge in [-0.1, -0.05) is 10.5 Å². The Balaban J connectivity index is 3.16. The second kappa shape index (κ2) is 5.72. The average Bonchev–Trinajstić information content (AvgIpc) is 2.24. The van der Waals surface area contributed by atoms with E-state index in [2.05, 4.69) is 20.3 Å². The van der Waals surface area contributed by atoms with E-state index in [0.29, 0.717) is 21.3 Å². The second-order valence-corrected chi connectivity index (χ2v) is 7.83. The molecule has 0 saturated heterocycles. The van der Waals surface area contributed by atoms with Gasteiger partial charge in [-0.25, -0.2) is 4.39 Å². The molecule has 5 heteroatoms. The van der Waals surface area contributed by atoms with Crippen molar-refractivity contribution in [1.29, 1.82) is 0 Å². The topological polar surface area (TPSA) is 35.4 Å². The van der Waals surface area contributed by atoms with Gasteiger partial charge in [-0.05, 0) is 62.2 Å². The normalized spacial score (nSPS) is 14.8. The Morgan fingerprint density at radius 2 is 1.94 bits per heavy atom. The molecule has 0 fully saturated rings. The Hall–Kier alpha value is -0.390. The molecule has 1 aromatic rings. The molecule has 18 heavy (non-hydrogen) atoms. The van der Waals surface area contributed by atoms with E-state index in [0.717, 1.165) is 0 Å². The van der Waals surface area contributed by atoms with Gasteiger partial charge >= 0.3 is 0 Å². The monoisotopic (exact) mass is 333 g/mol. The van der Waals surface area contributed by atoms with Crippen LogP contribution in [0.1, 0.15) is 38.8 Å². The molecular weight excluding hydrogens is 317 g/mol. The largest absolute Gasteiger partial charge is 0.591 e. The predicted molar refractivity (Wildman–Crippen MR) is 78.9 cm³/mol. The Bertz CT molecular complexity index is 483.